The third-order valence-corrected chi connectivity index (χ3v) is 7.83. The molecule has 0 radical (unpaired) electrons. The maximum absolute atomic E-state index is 13.0. The van der Waals surface area contributed by atoms with E-state index in [1.54, 1.807) is 0 Å². The van der Waals surface area contributed by atoms with Crippen LogP contribution in [0.25, 0.3) is 0 Å². The van der Waals surface area contributed by atoms with Gasteiger partial charge in [-0.2, -0.15) is 0 Å². The van der Waals surface area contributed by atoms with Gasteiger partial charge in [0.05, 0.1) is 12.1 Å². The van der Waals surface area contributed by atoms with Crippen molar-refractivity contribution in [3.63, 3.8) is 0 Å². The molecule has 0 spiro atoms. The van der Waals surface area contributed by atoms with Crippen LogP contribution in [0.2, 0.25) is 0 Å². The zero-order valence-corrected chi connectivity index (χ0v) is 18.9. The number of piperidine rings is 1. The van der Waals surface area contributed by atoms with Crippen molar-refractivity contribution < 1.29 is 9.90 Å². The molecule has 0 unspecified atom stereocenters. The van der Waals surface area contributed by atoms with Gasteiger partial charge in [-0.05, 0) is 63.6 Å². The van der Waals surface area contributed by atoms with Crippen LogP contribution in [0.15, 0.2) is 24.3 Å². The second-order valence-electron chi connectivity index (χ2n) is 9.47. The van der Waals surface area contributed by atoms with E-state index < -0.39 is 5.60 Å². The maximum atomic E-state index is 13.0. The number of rotatable bonds is 6. The molecule has 5 nitrogen and oxygen atoms in total. The average molecular weight is 414 g/mol. The van der Waals surface area contributed by atoms with Gasteiger partial charge in [0.15, 0.2) is 0 Å². The Balaban J connectivity index is 1.60. The number of anilines is 1. The van der Waals surface area contributed by atoms with Crippen molar-refractivity contribution >= 4 is 11.6 Å². The number of aliphatic hydroxyl groups is 1. The third kappa shape index (κ3) is 4.24. The number of benzene rings is 1. The van der Waals surface area contributed by atoms with Gasteiger partial charge in [0.25, 0.3) is 0 Å². The number of likely N-dealkylation sites (tertiary alicyclic amines) is 2. The minimum atomic E-state index is -0.576. The molecule has 166 valence electrons. The van der Waals surface area contributed by atoms with Crippen LogP contribution in [-0.2, 0) is 4.79 Å². The van der Waals surface area contributed by atoms with E-state index in [1.807, 2.05) is 4.90 Å². The van der Waals surface area contributed by atoms with Crippen molar-refractivity contribution in [3.05, 3.63) is 29.8 Å². The summed E-state index contributed by atoms with van der Waals surface area (Å²) in [6.07, 6.45) is 7.29. The van der Waals surface area contributed by atoms with Crippen LogP contribution < -0.4 is 4.90 Å². The Kier molecular flexibility index (Phi) is 6.69. The van der Waals surface area contributed by atoms with Gasteiger partial charge in [-0.15, -0.1) is 0 Å². The second kappa shape index (κ2) is 9.27. The first-order chi connectivity index (χ1) is 14.6. The summed E-state index contributed by atoms with van der Waals surface area (Å²) in [6, 6.07) is 9.05. The highest BCUT2D eigenvalue weighted by atomic mass is 16.3. The minimum absolute atomic E-state index is 0.126. The molecule has 1 aromatic carbocycles. The van der Waals surface area contributed by atoms with E-state index in [2.05, 4.69) is 47.9 Å². The quantitative estimate of drug-likeness (QED) is 0.770. The summed E-state index contributed by atoms with van der Waals surface area (Å²) in [4.78, 5) is 19.7. The highest BCUT2D eigenvalue weighted by molar-refractivity contribution is 5.78. The summed E-state index contributed by atoms with van der Waals surface area (Å²) >= 11 is 0. The maximum Gasteiger partial charge on any atom is 0.236 e. The molecule has 1 saturated carbocycles. The Morgan fingerprint density at radius 3 is 2.40 bits per heavy atom. The highest BCUT2D eigenvalue weighted by Crippen LogP contribution is 2.49. The van der Waals surface area contributed by atoms with Crippen molar-refractivity contribution in [2.45, 2.75) is 70.4 Å². The molecule has 2 aliphatic heterocycles. The van der Waals surface area contributed by atoms with Crippen LogP contribution in [0.5, 0.6) is 0 Å². The van der Waals surface area contributed by atoms with Crippen LogP contribution in [0.4, 0.5) is 5.69 Å². The van der Waals surface area contributed by atoms with E-state index in [4.69, 9.17) is 0 Å². The number of hydrogen-bond donors (Lipinski definition) is 1. The molecule has 3 aliphatic rings. The summed E-state index contributed by atoms with van der Waals surface area (Å²) in [6.45, 7) is 9.46. The Morgan fingerprint density at radius 2 is 1.73 bits per heavy atom. The topological polar surface area (TPSA) is 47.0 Å². The van der Waals surface area contributed by atoms with Crippen molar-refractivity contribution in [2.24, 2.45) is 5.92 Å². The molecule has 1 N–H and O–H groups in total. The molecule has 4 rings (SSSR count). The summed E-state index contributed by atoms with van der Waals surface area (Å²) < 4.78 is 0. The van der Waals surface area contributed by atoms with Gasteiger partial charge in [0, 0.05) is 50.4 Å². The summed E-state index contributed by atoms with van der Waals surface area (Å²) in [5.74, 6) is 0.476. The Hall–Kier alpha value is -1.59. The number of amides is 1. The van der Waals surface area contributed by atoms with E-state index >= 15 is 0 Å². The standard InChI is InChI=1S/C25H39N3O2/c1-3-26(4-2)21-12-10-20(11-13-21)24-22-9-5-6-14-25(22,30)15-18-28(24)19-23(29)27-16-7-8-17-27/h10-13,22,24,30H,3-9,14-19H2,1-2H3/t22-,24-,25+/m1/s1. The molecule has 1 amide bonds. The number of carbonyl (C=O) groups is 1. The number of carbonyl (C=O) groups excluding carboxylic acids is 1. The largest absolute Gasteiger partial charge is 0.389 e. The zero-order chi connectivity index (χ0) is 21.1. The highest BCUT2D eigenvalue weighted by Gasteiger charge is 2.49. The van der Waals surface area contributed by atoms with E-state index in [0.717, 1.165) is 71.2 Å². The molecule has 0 aromatic heterocycles. The van der Waals surface area contributed by atoms with Gasteiger partial charge >= 0.3 is 0 Å². The SMILES string of the molecule is CCN(CC)c1ccc([C@@H]2[C@H]3CCCC[C@]3(O)CCN2CC(=O)N2CCCC2)cc1. The number of fused-ring (bicyclic) bond motifs is 1. The smallest absolute Gasteiger partial charge is 0.236 e. The average Bonchev–Trinajstić information content (AvgIpc) is 3.30. The van der Waals surface area contributed by atoms with Crippen LogP contribution in [0.1, 0.15) is 70.4 Å². The van der Waals surface area contributed by atoms with Gasteiger partial charge in [0.2, 0.25) is 5.91 Å². The van der Waals surface area contributed by atoms with Crippen LogP contribution >= 0.6 is 0 Å². The van der Waals surface area contributed by atoms with Crippen molar-refractivity contribution in [3.8, 4) is 0 Å². The predicted molar refractivity (Wildman–Crippen MR) is 122 cm³/mol. The summed E-state index contributed by atoms with van der Waals surface area (Å²) in [5.41, 5.74) is 1.93. The lowest BCUT2D eigenvalue weighted by atomic mass is 9.66. The molecule has 5 heteroatoms. The summed E-state index contributed by atoms with van der Waals surface area (Å²) in [7, 11) is 0. The Labute approximate surface area is 182 Å². The molecule has 1 aromatic rings. The van der Waals surface area contributed by atoms with Crippen LogP contribution in [-0.4, -0.2) is 65.7 Å². The van der Waals surface area contributed by atoms with E-state index in [-0.39, 0.29) is 17.9 Å². The van der Waals surface area contributed by atoms with Crippen LogP contribution in [0, 0.1) is 5.92 Å². The molecule has 0 bridgehead atoms. The van der Waals surface area contributed by atoms with E-state index in [9.17, 15) is 9.90 Å². The molecule has 30 heavy (non-hydrogen) atoms. The van der Waals surface area contributed by atoms with Gasteiger partial charge in [-0.25, -0.2) is 0 Å². The van der Waals surface area contributed by atoms with Gasteiger partial charge in [-0.1, -0.05) is 25.0 Å². The number of hydrogen-bond acceptors (Lipinski definition) is 4. The first kappa shape index (κ1) is 21.6. The van der Waals surface area contributed by atoms with Gasteiger partial charge in [0.1, 0.15) is 0 Å². The Morgan fingerprint density at radius 1 is 1.03 bits per heavy atom. The monoisotopic (exact) mass is 413 g/mol. The molecule has 2 heterocycles. The lowest BCUT2D eigenvalue weighted by Crippen LogP contribution is -2.56. The molecular formula is C25H39N3O2. The van der Waals surface area contributed by atoms with Crippen molar-refractivity contribution in [1.29, 1.82) is 0 Å². The molecule has 1 aliphatic carbocycles. The van der Waals surface area contributed by atoms with Crippen molar-refractivity contribution in [1.82, 2.24) is 9.80 Å². The summed E-state index contributed by atoms with van der Waals surface area (Å²) in [5, 5.41) is 11.5. The molecular weight excluding hydrogens is 374 g/mol. The second-order valence-corrected chi connectivity index (χ2v) is 9.47. The minimum Gasteiger partial charge on any atom is -0.389 e. The first-order valence-electron chi connectivity index (χ1n) is 12.1. The molecule has 3 atom stereocenters. The van der Waals surface area contributed by atoms with Crippen molar-refractivity contribution in [2.75, 3.05) is 44.2 Å². The molecule has 3 fully saturated rings. The lowest BCUT2D eigenvalue weighted by molar-refractivity contribution is -0.144. The first-order valence-corrected chi connectivity index (χ1v) is 12.1. The molecule has 2 saturated heterocycles. The normalized spacial score (nSPS) is 29.6. The van der Waals surface area contributed by atoms with Crippen LogP contribution in [0.3, 0.4) is 0 Å². The van der Waals surface area contributed by atoms with E-state index in [1.165, 1.54) is 17.7 Å². The Bertz CT molecular complexity index is 712. The predicted octanol–water partition coefficient (Wildman–Crippen LogP) is 3.82. The fourth-order valence-electron chi connectivity index (χ4n) is 6.07. The lowest BCUT2D eigenvalue weighted by Gasteiger charge is -2.52. The van der Waals surface area contributed by atoms with Gasteiger partial charge < -0.3 is 14.9 Å². The van der Waals surface area contributed by atoms with E-state index in [0.29, 0.717) is 6.54 Å². The zero-order valence-electron chi connectivity index (χ0n) is 18.9. The van der Waals surface area contributed by atoms with Gasteiger partial charge in [-0.3, -0.25) is 9.69 Å². The fraction of sp³-hybridized carbons (Fsp3) is 0.720. The number of nitrogens with zero attached hydrogens (tertiary/aromatic N) is 3. The fourth-order valence-corrected chi connectivity index (χ4v) is 6.07. The third-order valence-electron chi connectivity index (χ3n) is 7.83.